The Kier molecular flexibility index (Phi) is 3.88. The van der Waals surface area contributed by atoms with E-state index in [4.69, 9.17) is 4.74 Å². The fourth-order valence-corrected chi connectivity index (χ4v) is 2.00. The molecule has 0 aliphatic rings. The summed E-state index contributed by atoms with van der Waals surface area (Å²) in [5.41, 5.74) is 3.76. The van der Waals surface area contributed by atoms with Crippen LogP contribution in [0.1, 0.15) is 11.1 Å². The molecule has 0 saturated carbocycles. The Morgan fingerprint density at radius 1 is 1.06 bits per heavy atom. The minimum Gasteiger partial charge on any atom is -0.497 e. The average molecular weight is 241 g/mol. The van der Waals surface area contributed by atoms with Crippen LogP contribution in [0.3, 0.4) is 0 Å². The standard InChI is InChI=1S/C16H19NO/c1-13-6-4-8-15(10-13)17(2)12-14-7-5-9-16(11-14)18-3/h4-11H,12H2,1-3H3. The van der Waals surface area contributed by atoms with Gasteiger partial charge in [-0.15, -0.1) is 0 Å². The lowest BCUT2D eigenvalue weighted by molar-refractivity contribution is 0.414. The van der Waals surface area contributed by atoms with E-state index < -0.39 is 0 Å². The summed E-state index contributed by atoms with van der Waals surface area (Å²) in [6, 6.07) is 16.7. The van der Waals surface area contributed by atoms with Gasteiger partial charge in [0.05, 0.1) is 7.11 Å². The van der Waals surface area contributed by atoms with Gasteiger partial charge >= 0.3 is 0 Å². The number of rotatable bonds is 4. The van der Waals surface area contributed by atoms with E-state index in [1.165, 1.54) is 16.8 Å². The van der Waals surface area contributed by atoms with Crippen molar-refractivity contribution in [2.24, 2.45) is 0 Å². The smallest absolute Gasteiger partial charge is 0.119 e. The van der Waals surface area contributed by atoms with Crippen LogP contribution in [0.25, 0.3) is 0 Å². The number of nitrogens with zero attached hydrogens (tertiary/aromatic N) is 1. The highest BCUT2D eigenvalue weighted by Gasteiger charge is 2.03. The molecule has 94 valence electrons. The SMILES string of the molecule is COc1cccc(CN(C)c2cccc(C)c2)c1. The van der Waals surface area contributed by atoms with E-state index in [1.54, 1.807) is 7.11 Å². The average Bonchev–Trinajstić information content (AvgIpc) is 2.39. The summed E-state index contributed by atoms with van der Waals surface area (Å²) >= 11 is 0. The first-order chi connectivity index (χ1) is 8.69. The Hall–Kier alpha value is -1.96. The molecule has 0 radical (unpaired) electrons. The molecule has 0 saturated heterocycles. The minimum atomic E-state index is 0.876. The van der Waals surface area contributed by atoms with Crippen molar-refractivity contribution < 1.29 is 4.74 Å². The number of hydrogen-bond acceptors (Lipinski definition) is 2. The van der Waals surface area contributed by atoms with Crippen molar-refractivity contribution in [3.8, 4) is 5.75 Å². The zero-order valence-electron chi connectivity index (χ0n) is 11.2. The summed E-state index contributed by atoms with van der Waals surface area (Å²) in [6.07, 6.45) is 0. The lowest BCUT2D eigenvalue weighted by Gasteiger charge is -2.20. The molecule has 0 unspecified atom stereocenters. The molecule has 0 aromatic heterocycles. The zero-order valence-corrected chi connectivity index (χ0v) is 11.2. The summed E-state index contributed by atoms with van der Waals surface area (Å²) in [5.74, 6) is 0.908. The highest BCUT2D eigenvalue weighted by molar-refractivity contribution is 5.48. The summed E-state index contributed by atoms with van der Waals surface area (Å²) < 4.78 is 5.24. The minimum absolute atomic E-state index is 0.876. The third kappa shape index (κ3) is 3.04. The maximum atomic E-state index is 5.24. The van der Waals surface area contributed by atoms with Gasteiger partial charge in [-0.05, 0) is 42.3 Å². The molecule has 0 aliphatic carbocycles. The second kappa shape index (κ2) is 5.58. The van der Waals surface area contributed by atoms with E-state index in [0.29, 0.717) is 0 Å². The topological polar surface area (TPSA) is 12.5 Å². The lowest BCUT2D eigenvalue weighted by Crippen LogP contribution is -2.16. The first kappa shape index (κ1) is 12.5. The third-order valence-corrected chi connectivity index (χ3v) is 3.00. The van der Waals surface area contributed by atoms with E-state index in [0.717, 1.165) is 12.3 Å². The maximum Gasteiger partial charge on any atom is 0.119 e. The molecule has 2 heteroatoms. The number of aryl methyl sites for hydroxylation is 1. The summed E-state index contributed by atoms with van der Waals surface area (Å²) in [7, 11) is 3.80. The van der Waals surface area contributed by atoms with E-state index in [9.17, 15) is 0 Å². The number of benzene rings is 2. The number of hydrogen-bond donors (Lipinski definition) is 0. The monoisotopic (exact) mass is 241 g/mol. The number of methoxy groups -OCH3 is 1. The number of anilines is 1. The first-order valence-corrected chi connectivity index (χ1v) is 6.10. The van der Waals surface area contributed by atoms with E-state index in [-0.39, 0.29) is 0 Å². The Labute approximate surface area is 109 Å². The van der Waals surface area contributed by atoms with Crippen molar-refractivity contribution in [1.82, 2.24) is 0 Å². The van der Waals surface area contributed by atoms with E-state index in [1.807, 2.05) is 12.1 Å². The van der Waals surface area contributed by atoms with Gasteiger partial charge in [0.1, 0.15) is 5.75 Å². The van der Waals surface area contributed by atoms with Crippen molar-refractivity contribution in [2.45, 2.75) is 13.5 Å². The van der Waals surface area contributed by atoms with Gasteiger partial charge in [0, 0.05) is 19.3 Å². The fourth-order valence-electron chi connectivity index (χ4n) is 2.00. The lowest BCUT2D eigenvalue weighted by atomic mass is 10.1. The molecule has 18 heavy (non-hydrogen) atoms. The van der Waals surface area contributed by atoms with Crippen LogP contribution in [0.5, 0.6) is 5.75 Å². The highest BCUT2D eigenvalue weighted by atomic mass is 16.5. The summed E-state index contributed by atoms with van der Waals surface area (Å²) in [6.45, 7) is 2.99. The quantitative estimate of drug-likeness (QED) is 0.810. The number of ether oxygens (including phenoxy) is 1. The molecule has 0 aliphatic heterocycles. The van der Waals surface area contributed by atoms with Crippen LogP contribution >= 0.6 is 0 Å². The van der Waals surface area contributed by atoms with Crippen molar-refractivity contribution in [3.63, 3.8) is 0 Å². The molecule has 0 amide bonds. The van der Waals surface area contributed by atoms with Crippen LogP contribution < -0.4 is 9.64 Å². The molecule has 0 fully saturated rings. The Morgan fingerprint density at radius 3 is 2.56 bits per heavy atom. The molecular formula is C16H19NO. The molecule has 2 aromatic rings. The zero-order chi connectivity index (χ0) is 13.0. The van der Waals surface area contributed by atoms with Gasteiger partial charge in [-0.25, -0.2) is 0 Å². The predicted octanol–water partition coefficient (Wildman–Crippen LogP) is 3.64. The molecule has 0 spiro atoms. The Morgan fingerprint density at radius 2 is 1.83 bits per heavy atom. The Balaban J connectivity index is 2.13. The molecule has 2 nitrogen and oxygen atoms in total. The second-order valence-corrected chi connectivity index (χ2v) is 4.55. The normalized spacial score (nSPS) is 10.2. The largest absolute Gasteiger partial charge is 0.497 e. The summed E-state index contributed by atoms with van der Waals surface area (Å²) in [5, 5.41) is 0. The van der Waals surface area contributed by atoms with Crippen LogP contribution in [0.4, 0.5) is 5.69 Å². The van der Waals surface area contributed by atoms with E-state index >= 15 is 0 Å². The van der Waals surface area contributed by atoms with Crippen molar-refractivity contribution in [2.75, 3.05) is 19.1 Å². The van der Waals surface area contributed by atoms with Gasteiger partial charge in [0.25, 0.3) is 0 Å². The van der Waals surface area contributed by atoms with Crippen LogP contribution in [-0.2, 0) is 6.54 Å². The van der Waals surface area contributed by atoms with Crippen molar-refractivity contribution in [1.29, 1.82) is 0 Å². The van der Waals surface area contributed by atoms with Crippen molar-refractivity contribution in [3.05, 3.63) is 59.7 Å². The third-order valence-electron chi connectivity index (χ3n) is 3.00. The molecule has 2 rings (SSSR count). The molecule has 0 bridgehead atoms. The van der Waals surface area contributed by atoms with Crippen molar-refractivity contribution >= 4 is 5.69 Å². The van der Waals surface area contributed by atoms with E-state index in [2.05, 4.69) is 55.3 Å². The van der Waals surface area contributed by atoms with Gasteiger partial charge in [-0.2, -0.15) is 0 Å². The molecule has 2 aromatic carbocycles. The van der Waals surface area contributed by atoms with Gasteiger partial charge in [-0.3, -0.25) is 0 Å². The maximum absolute atomic E-state index is 5.24. The van der Waals surface area contributed by atoms with Crippen LogP contribution in [0.2, 0.25) is 0 Å². The van der Waals surface area contributed by atoms with Crippen LogP contribution in [0, 0.1) is 6.92 Å². The molecule has 0 heterocycles. The predicted molar refractivity (Wildman–Crippen MR) is 76.3 cm³/mol. The Bertz CT molecular complexity index is 522. The summed E-state index contributed by atoms with van der Waals surface area (Å²) in [4.78, 5) is 2.24. The highest BCUT2D eigenvalue weighted by Crippen LogP contribution is 2.19. The molecule has 0 N–H and O–H groups in total. The van der Waals surface area contributed by atoms with Gasteiger partial charge in [-0.1, -0.05) is 24.3 Å². The second-order valence-electron chi connectivity index (χ2n) is 4.55. The van der Waals surface area contributed by atoms with Crippen LogP contribution in [-0.4, -0.2) is 14.2 Å². The van der Waals surface area contributed by atoms with Gasteiger partial charge in [0.15, 0.2) is 0 Å². The van der Waals surface area contributed by atoms with Crippen LogP contribution in [0.15, 0.2) is 48.5 Å². The first-order valence-electron chi connectivity index (χ1n) is 6.10. The van der Waals surface area contributed by atoms with Gasteiger partial charge in [0.2, 0.25) is 0 Å². The van der Waals surface area contributed by atoms with Gasteiger partial charge < -0.3 is 9.64 Å². The fraction of sp³-hybridized carbons (Fsp3) is 0.250. The molecule has 0 atom stereocenters. The molecular weight excluding hydrogens is 222 g/mol.